The summed E-state index contributed by atoms with van der Waals surface area (Å²) >= 11 is 10.5. The van der Waals surface area contributed by atoms with E-state index in [-0.39, 0.29) is 0 Å². The number of hydrogen-bond acceptors (Lipinski definition) is 2. The molecule has 0 saturated heterocycles. The number of fused-ring (bicyclic) bond motifs is 1. The molecule has 0 heterocycles. The lowest BCUT2D eigenvalue weighted by Crippen LogP contribution is -2.28. The van der Waals surface area contributed by atoms with Crippen LogP contribution >= 0.6 is 24.4 Å². The van der Waals surface area contributed by atoms with E-state index in [0.29, 0.717) is 29.1 Å². The molecule has 5 atom stereocenters. The smallest absolute Gasteiger partial charge is 0.00373 e. The minimum atomic E-state index is 0.406. The first-order valence-corrected chi connectivity index (χ1v) is 19.2. The first kappa shape index (κ1) is 47.2. The second kappa shape index (κ2) is 27.0. The predicted molar refractivity (Wildman–Crippen MR) is 226 cm³/mol. The summed E-state index contributed by atoms with van der Waals surface area (Å²) in [5, 5.41) is 1.58. The standard InChI is InChI=1S/C31H44S.C5H12.C4H8.C3H6.C2H4S/c1-8-11-17-26(21(4)14-9-2)27(30-28(10-3)31(30,6)7)20-29(32)22(5)25-18-23-15-12-13-16-24(23)19-25;1-3-5-4-2;1-4(2)3;1-3-2;1-2-3/h8-9,12-13,15-16,22,25-28,30H,1-2,4,10-11,14,17-20H2,3,5-7H3;3-5H2,1-2H3;1H2,2-3H3;3H,1H2,2H3;2H,1H3. The first-order chi connectivity index (χ1) is 22.2. The van der Waals surface area contributed by atoms with Gasteiger partial charge in [-0.2, -0.15) is 0 Å². The lowest BCUT2D eigenvalue weighted by molar-refractivity contribution is 0.285. The molecule has 1 saturated carbocycles. The second-order valence-corrected chi connectivity index (χ2v) is 15.2. The van der Waals surface area contributed by atoms with Gasteiger partial charge in [-0.05, 0) is 129 Å². The van der Waals surface area contributed by atoms with Crippen molar-refractivity contribution in [1.82, 2.24) is 0 Å². The van der Waals surface area contributed by atoms with Crippen molar-refractivity contribution < 1.29 is 0 Å². The number of unbranched alkanes of at least 4 members (excludes halogenated alkanes) is 2. The SMILES string of the molecule is C=C(C)C.C=CC.C=CCCC(C(=C)CC=C)C(CC(=S)C(C)C1Cc2ccccc2C1)C1C(CC)C1(C)C.CC=S.CCCCC. The fourth-order valence-electron chi connectivity index (χ4n) is 7.27. The van der Waals surface area contributed by atoms with Gasteiger partial charge >= 0.3 is 0 Å². The van der Waals surface area contributed by atoms with Crippen molar-refractivity contribution in [2.45, 2.75) is 133 Å². The van der Waals surface area contributed by atoms with E-state index in [4.69, 9.17) is 12.2 Å². The molecule has 1 aromatic rings. The van der Waals surface area contributed by atoms with E-state index in [2.05, 4.69) is 117 Å². The van der Waals surface area contributed by atoms with Gasteiger partial charge in [-0.1, -0.05) is 152 Å². The number of benzene rings is 1. The summed E-state index contributed by atoms with van der Waals surface area (Å²) in [6, 6.07) is 8.96. The Kier molecular flexibility index (Phi) is 27.1. The summed E-state index contributed by atoms with van der Waals surface area (Å²) in [5.74, 6) is 3.74. The van der Waals surface area contributed by atoms with E-state index >= 15 is 0 Å². The van der Waals surface area contributed by atoms with Gasteiger partial charge in [0.2, 0.25) is 0 Å². The molecule has 2 heteroatoms. The fraction of sp³-hybridized carbons (Fsp3) is 0.600. The van der Waals surface area contributed by atoms with E-state index in [1.54, 1.807) is 11.4 Å². The van der Waals surface area contributed by atoms with Gasteiger partial charge in [-0.3, -0.25) is 0 Å². The molecule has 0 aromatic heterocycles. The van der Waals surface area contributed by atoms with Crippen molar-refractivity contribution in [1.29, 1.82) is 0 Å². The zero-order valence-corrected chi connectivity index (χ0v) is 34.1. The number of allylic oxidation sites excluding steroid dienone is 5. The second-order valence-electron chi connectivity index (χ2n) is 14.3. The van der Waals surface area contributed by atoms with E-state index in [0.717, 1.165) is 37.5 Å². The molecule has 1 fully saturated rings. The first-order valence-electron chi connectivity index (χ1n) is 18.3. The van der Waals surface area contributed by atoms with Gasteiger partial charge in [0.15, 0.2) is 0 Å². The van der Waals surface area contributed by atoms with Gasteiger partial charge in [-0.15, -0.1) is 26.3 Å². The van der Waals surface area contributed by atoms with Crippen LogP contribution in [0.2, 0.25) is 0 Å². The summed E-state index contributed by atoms with van der Waals surface area (Å²) in [6.45, 7) is 41.2. The Morgan fingerprint density at radius 2 is 1.43 bits per heavy atom. The minimum absolute atomic E-state index is 0.406. The molecule has 47 heavy (non-hydrogen) atoms. The molecule has 0 spiro atoms. The summed E-state index contributed by atoms with van der Waals surface area (Å²) in [4.78, 5) is 1.29. The average molecular weight is 679 g/mol. The highest BCUT2D eigenvalue weighted by molar-refractivity contribution is 7.80. The summed E-state index contributed by atoms with van der Waals surface area (Å²) < 4.78 is 0. The molecule has 0 bridgehead atoms. The molecule has 2 aliphatic carbocycles. The maximum atomic E-state index is 6.21. The number of hydrogen-bond donors (Lipinski definition) is 0. The summed E-state index contributed by atoms with van der Waals surface area (Å²) in [5.41, 5.74) is 5.97. The molecule has 3 rings (SSSR count). The van der Waals surface area contributed by atoms with Gasteiger partial charge in [0.05, 0.1) is 0 Å². The molecule has 5 unspecified atom stereocenters. The lowest BCUT2D eigenvalue weighted by atomic mass is 9.73. The van der Waals surface area contributed by atoms with Crippen molar-refractivity contribution in [3.05, 3.63) is 97.7 Å². The normalized spacial score (nSPS) is 18.5. The molecule has 0 N–H and O–H groups in total. The Morgan fingerprint density at radius 3 is 1.77 bits per heavy atom. The highest BCUT2D eigenvalue weighted by Crippen LogP contribution is 2.66. The van der Waals surface area contributed by atoms with Crippen LogP contribution in [0.4, 0.5) is 0 Å². The van der Waals surface area contributed by atoms with Crippen molar-refractivity contribution >= 4 is 34.7 Å². The van der Waals surface area contributed by atoms with Crippen LogP contribution in [0, 0.1) is 40.9 Å². The van der Waals surface area contributed by atoms with Gasteiger partial charge in [0.1, 0.15) is 0 Å². The van der Waals surface area contributed by atoms with Crippen molar-refractivity contribution in [2.24, 2.45) is 40.9 Å². The van der Waals surface area contributed by atoms with Gasteiger partial charge in [0, 0.05) is 0 Å². The molecule has 2 aliphatic rings. The third-order valence-corrected chi connectivity index (χ3v) is 10.1. The van der Waals surface area contributed by atoms with Crippen molar-refractivity contribution in [2.75, 3.05) is 0 Å². The molecule has 0 aliphatic heterocycles. The lowest BCUT2D eigenvalue weighted by Gasteiger charge is -2.32. The quantitative estimate of drug-likeness (QED) is 0.134. The van der Waals surface area contributed by atoms with Crippen LogP contribution in [-0.2, 0) is 12.8 Å². The maximum absolute atomic E-state index is 6.21. The maximum Gasteiger partial charge on any atom is -0.00373 e. The Labute approximate surface area is 305 Å². The van der Waals surface area contributed by atoms with Crippen LogP contribution in [0.25, 0.3) is 0 Å². The van der Waals surface area contributed by atoms with Crippen LogP contribution < -0.4 is 0 Å². The Morgan fingerprint density at radius 1 is 0.957 bits per heavy atom. The van der Waals surface area contributed by atoms with Gasteiger partial charge in [0.25, 0.3) is 0 Å². The molecule has 0 nitrogen and oxygen atoms in total. The summed E-state index contributed by atoms with van der Waals surface area (Å²) in [6.07, 6.45) is 17.7. The van der Waals surface area contributed by atoms with Gasteiger partial charge < -0.3 is 0 Å². The number of rotatable bonds is 15. The number of thiocarbonyl (C=S) groups is 2. The minimum Gasteiger partial charge on any atom is -0.103 e. The third kappa shape index (κ3) is 17.9. The monoisotopic (exact) mass is 679 g/mol. The largest absolute Gasteiger partial charge is 0.103 e. The predicted octanol–water partition coefficient (Wildman–Crippen LogP) is 14.8. The molecular weight excluding hydrogens is 605 g/mol. The zero-order chi connectivity index (χ0) is 36.6. The molecule has 1 aromatic carbocycles. The molecular formula is C45H74S2. The molecule has 0 radical (unpaired) electrons. The van der Waals surface area contributed by atoms with Crippen LogP contribution in [-0.4, -0.2) is 10.2 Å². The van der Waals surface area contributed by atoms with Crippen LogP contribution in [0.3, 0.4) is 0 Å². The zero-order valence-electron chi connectivity index (χ0n) is 32.5. The molecule has 0 amide bonds. The van der Waals surface area contributed by atoms with E-state index in [1.165, 1.54) is 65.7 Å². The average Bonchev–Trinajstić information content (AvgIpc) is 3.32. The van der Waals surface area contributed by atoms with Crippen LogP contribution in [0.15, 0.2) is 86.5 Å². The van der Waals surface area contributed by atoms with Crippen molar-refractivity contribution in [3.8, 4) is 0 Å². The van der Waals surface area contributed by atoms with Crippen molar-refractivity contribution in [3.63, 3.8) is 0 Å². The highest BCUT2D eigenvalue weighted by atomic mass is 32.1. The Balaban J connectivity index is 0. The van der Waals surface area contributed by atoms with E-state index in [9.17, 15) is 0 Å². The van der Waals surface area contributed by atoms with Crippen LogP contribution in [0.5, 0.6) is 0 Å². The third-order valence-electron chi connectivity index (χ3n) is 9.61. The Bertz CT molecular complexity index is 1040. The highest BCUT2D eigenvalue weighted by Gasteiger charge is 2.60. The molecule has 266 valence electrons. The van der Waals surface area contributed by atoms with Gasteiger partial charge in [-0.25, -0.2) is 0 Å². The van der Waals surface area contributed by atoms with E-state index < -0.39 is 0 Å². The topological polar surface area (TPSA) is 0 Å². The Hall–Kier alpha value is -1.90. The van der Waals surface area contributed by atoms with E-state index in [1.807, 2.05) is 33.8 Å². The van der Waals surface area contributed by atoms with Crippen LogP contribution in [0.1, 0.15) is 132 Å². The summed E-state index contributed by atoms with van der Waals surface area (Å²) in [7, 11) is 0. The fourth-order valence-corrected chi connectivity index (χ4v) is 7.66.